The summed E-state index contributed by atoms with van der Waals surface area (Å²) < 4.78 is 4.90. The van der Waals surface area contributed by atoms with Crippen molar-refractivity contribution >= 4 is 23.5 Å². The van der Waals surface area contributed by atoms with E-state index in [4.69, 9.17) is 4.74 Å². The number of ether oxygens (including phenoxy) is 1. The van der Waals surface area contributed by atoms with Crippen LogP contribution in [0.2, 0.25) is 0 Å². The van der Waals surface area contributed by atoms with Crippen LogP contribution in [0.1, 0.15) is 61.4 Å². The van der Waals surface area contributed by atoms with Gasteiger partial charge in [-0.2, -0.15) is 11.8 Å². The minimum atomic E-state index is -0.119. The molecule has 0 radical (unpaired) electrons. The number of carbonyl (C=O) groups excluding carboxylic acids is 2. The molecule has 0 aromatic heterocycles. The summed E-state index contributed by atoms with van der Waals surface area (Å²) >= 11 is 2.02. The van der Waals surface area contributed by atoms with Gasteiger partial charge >= 0.3 is 5.97 Å². The molecule has 0 atom stereocenters. The SMILES string of the molecule is CCOC(=O)CCCCCCC(=O)c1ccc(CN2CCSCC2)cc1. The van der Waals surface area contributed by atoms with Crippen LogP contribution < -0.4 is 0 Å². The summed E-state index contributed by atoms with van der Waals surface area (Å²) in [7, 11) is 0. The molecule has 1 aliphatic rings. The van der Waals surface area contributed by atoms with Gasteiger partial charge in [0, 0.05) is 49.5 Å². The molecule has 1 saturated heterocycles. The van der Waals surface area contributed by atoms with Crippen molar-refractivity contribution in [1.29, 1.82) is 0 Å². The predicted molar refractivity (Wildman–Crippen MR) is 108 cm³/mol. The molecular formula is C21H31NO3S. The fourth-order valence-corrected chi connectivity index (χ4v) is 4.08. The van der Waals surface area contributed by atoms with E-state index in [9.17, 15) is 9.59 Å². The van der Waals surface area contributed by atoms with Crippen LogP contribution in [0.4, 0.5) is 0 Å². The van der Waals surface area contributed by atoms with Crippen molar-refractivity contribution in [3.63, 3.8) is 0 Å². The molecule has 0 aliphatic carbocycles. The van der Waals surface area contributed by atoms with E-state index >= 15 is 0 Å². The largest absolute Gasteiger partial charge is 0.466 e. The van der Waals surface area contributed by atoms with Crippen molar-refractivity contribution in [3.8, 4) is 0 Å². The molecule has 4 nitrogen and oxygen atoms in total. The Morgan fingerprint density at radius 1 is 1.00 bits per heavy atom. The molecule has 2 rings (SSSR count). The molecule has 1 aromatic carbocycles. The minimum absolute atomic E-state index is 0.119. The highest BCUT2D eigenvalue weighted by molar-refractivity contribution is 7.99. The van der Waals surface area contributed by atoms with E-state index in [-0.39, 0.29) is 11.8 Å². The van der Waals surface area contributed by atoms with Crippen molar-refractivity contribution in [2.24, 2.45) is 0 Å². The van der Waals surface area contributed by atoms with Crippen LogP contribution in [0.3, 0.4) is 0 Å². The second-order valence-corrected chi connectivity index (χ2v) is 7.95. The molecule has 0 saturated carbocycles. The van der Waals surface area contributed by atoms with Gasteiger partial charge in [0.1, 0.15) is 0 Å². The van der Waals surface area contributed by atoms with Gasteiger partial charge in [-0.05, 0) is 25.3 Å². The lowest BCUT2D eigenvalue weighted by atomic mass is 10.0. The number of benzene rings is 1. The van der Waals surface area contributed by atoms with E-state index in [0.29, 0.717) is 19.4 Å². The summed E-state index contributed by atoms with van der Waals surface area (Å²) in [5, 5.41) is 0. The molecule has 0 bridgehead atoms. The van der Waals surface area contributed by atoms with Crippen LogP contribution in [0.15, 0.2) is 24.3 Å². The van der Waals surface area contributed by atoms with Crippen LogP contribution in [-0.2, 0) is 16.1 Å². The summed E-state index contributed by atoms with van der Waals surface area (Å²) in [5.41, 5.74) is 2.10. The number of hydrogen-bond donors (Lipinski definition) is 0. The van der Waals surface area contributed by atoms with Crippen molar-refractivity contribution < 1.29 is 14.3 Å². The molecule has 0 spiro atoms. The number of unbranched alkanes of at least 4 members (excludes halogenated alkanes) is 3. The number of hydrogen-bond acceptors (Lipinski definition) is 5. The normalized spacial score (nSPS) is 15.0. The third-order valence-corrected chi connectivity index (χ3v) is 5.57. The summed E-state index contributed by atoms with van der Waals surface area (Å²) in [4.78, 5) is 26.0. The Labute approximate surface area is 161 Å². The third-order valence-electron chi connectivity index (χ3n) is 4.63. The van der Waals surface area contributed by atoms with Gasteiger partial charge in [0.05, 0.1) is 6.61 Å². The number of ketones is 1. The molecular weight excluding hydrogens is 346 g/mol. The highest BCUT2D eigenvalue weighted by Gasteiger charge is 2.11. The smallest absolute Gasteiger partial charge is 0.305 e. The Morgan fingerprint density at radius 3 is 2.31 bits per heavy atom. The van der Waals surface area contributed by atoms with Crippen LogP contribution in [-0.4, -0.2) is 47.9 Å². The number of carbonyl (C=O) groups is 2. The Balaban J connectivity index is 1.62. The monoisotopic (exact) mass is 377 g/mol. The molecule has 1 aromatic rings. The molecule has 1 aliphatic heterocycles. The van der Waals surface area contributed by atoms with E-state index in [1.54, 1.807) is 0 Å². The summed E-state index contributed by atoms with van der Waals surface area (Å²) in [6, 6.07) is 8.12. The van der Waals surface area contributed by atoms with E-state index in [2.05, 4.69) is 17.0 Å². The van der Waals surface area contributed by atoms with Gasteiger partial charge in [-0.3, -0.25) is 14.5 Å². The van der Waals surface area contributed by atoms with Crippen LogP contribution in [0.25, 0.3) is 0 Å². The van der Waals surface area contributed by atoms with Gasteiger partial charge in [-0.15, -0.1) is 0 Å². The zero-order valence-electron chi connectivity index (χ0n) is 15.9. The van der Waals surface area contributed by atoms with E-state index in [1.165, 1.54) is 17.1 Å². The van der Waals surface area contributed by atoms with E-state index < -0.39 is 0 Å². The van der Waals surface area contributed by atoms with Gasteiger partial charge in [-0.1, -0.05) is 37.1 Å². The molecule has 1 fully saturated rings. The van der Waals surface area contributed by atoms with Gasteiger partial charge in [0.25, 0.3) is 0 Å². The highest BCUT2D eigenvalue weighted by Crippen LogP contribution is 2.15. The second-order valence-electron chi connectivity index (χ2n) is 6.73. The van der Waals surface area contributed by atoms with Crippen LogP contribution in [0.5, 0.6) is 0 Å². The Bertz CT molecular complexity index is 553. The summed E-state index contributed by atoms with van der Waals surface area (Å²) in [5.74, 6) is 2.54. The van der Waals surface area contributed by atoms with Crippen molar-refractivity contribution in [1.82, 2.24) is 4.90 Å². The first-order valence-corrected chi connectivity index (χ1v) is 10.9. The Hall–Kier alpha value is -1.33. The number of esters is 1. The van der Waals surface area contributed by atoms with E-state index in [0.717, 1.165) is 50.9 Å². The first kappa shape index (κ1) is 21.0. The number of thioether (sulfide) groups is 1. The zero-order chi connectivity index (χ0) is 18.6. The maximum absolute atomic E-state index is 12.3. The summed E-state index contributed by atoms with van der Waals surface area (Å²) in [6.45, 7) is 5.56. The number of Topliss-reactive ketones (excluding diaryl/α,β-unsaturated/α-hetero) is 1. The second kappa shape index (κ2) is 12.1. The van der Waals surface area contributed by atoms with Crippen molar-refractivity contribution in [2.75, 3.05) is 31.2 Å². The zero-order valence-corrected chi connectivity index (χ0v) is 16.7. The molecule has 26 heavy (non-hydrogen) atoms. The first-order chi connectivity index (χ1) is 12.7. The molecule has 144 valence electrons. The van der Waals surface area contributed by atoms with Crippen molar-refractivity contribution in [3.05, 3.63) is 35.4 Å². The lowest BCUT2D eigenvalue weighted by Gasteiger charge is -2.26. The number of nitrogens with zero attached hydrogens (tertiary/aromatic N) is 1. The third kappa shape index (κ3) is 7.92. The maximum atomic E-state index is 12.3. The predicted octanol–water partition coefficient (Wildman–Crippen LogP) is 4.32. The summed E-state index contributed by atoms with van der Waals surface area (Å²) in [6.07, 6.45) is 4.75. The lowest BCUT2D eigenvalue weighted by molar-refractivity contribution is -0.143. The standard InChI is InChI=1S/C21H31NO3S/c1-2-25-21(24)8-6-4-3-5-7-20(23)19-11-9-18(10-12-19)17-22-13-15-26-16-14-22/h9-12H,2-8,13-17H2,1H3. The Morgan fingerprint density at radius 2 is 1.65 bits per heavy atom. The highest BCUT2D eigenvalue weighted by atomic mass is 32.2. The quantitative estimate of drug-likeness (QED) is 0.326. The molecule has 1 heterocycles. The maximum Gasteiger partial charge on any atom is 0.305 e. The number of rotatable bonds is 11. The van der Waals surface area contributed by atoms with E-state index in [1.807, 2.05) is 30.8 Å². The minimum Gasteiger partial charge on any atom is -0.466 e. The van der Waals surface area contributed by atoms with Gasteiger partial charge in [0.15, 0.2) is 5.78 Å². The first-order valence-electron chi connectivity index (χ1n) is 9.77. The fourth-order valence-electron chi connectivity index (χ4n) is 3.10. The van der Waals surface area contributed by atoms with Gasteiger partial charge in [-0.25, -0.2) is 0 Å². The van der Waals surface area contributed by atoms with Crippen LogP contribution in [0, 0.1) is 0 Å². The average Bonchev–Trinajstić information content (AvgIpc) is 2.66. The van der Waals surface area contributed by atoms with Crippen LogP contribution >= 0.6 is 11.8 Å². The topological polar surface area (TPSA) is 46.6 Å². The molecule has 0 amide bonds. The van der Waals surface area contributed by atoms with Gasteiger partial charge < -0.3 is 4.74 Å². The lowest BCUT2D eigenvalue weighted by Crippen LogP contribution is -2.31. The fraction of sp³-hybridized carbons (Fsp3) is 0.619. The molecule has 5 heteroatoms. The molecule has 0 unspecified atom stereocenters. The van der Waals surface area contributed by atoms with Gasteiger partial charge in [0.2, 0.25) is 0 Å². The molecule has 0 N–H and O–H groups in total. The van der Waals surface area contributed by atoms with Crippen molar-refractivity contribution in [2.45, 2.75) is 52.0 Å². The average molecular weight is 378 g/mol. The Kier molecular flexibility index (Phi) is 9.78.